The van der Waals surface area contributed by atoms with Gasteiger partial charge in [-0.3, -0.25) is 9.59 Å². The lowest BCUT2D eigenvalue weighted by Crippen LogP contribution is -2.30. The van der Waals surface area contributed by atoms with Crippen LogP contribution in [0, 0.1) is 5.41 Å². The molecule has 0 aliphatic carbocycles. The number of aromatic nitrogens is 1. The minimum absolute atomic E-state index is 0.0128. The fraction of sp³-hybridized carbons (Fsp3) is 0.455. The van der Waals surface area contributed by atoms with E-state index in [1.54, 1.807) is 19.2 Å². The van der Waals surface area contributed by atoms with Crippen LogP contribution in [0.4, 0.5) is 0 Å². The zero-order valence-electron chi connectivity index (χ0n) is 17.5. The smallest absolute Gasteiger partial charge is 0.268 e. The zero-order chi connectivity index (χ0) is 20.9. The topological polar surface area (TPSA) is 57.5 Å². The Hall–Kier alpha value is -2.34. The number of nitrogens with zero attached hydrogens (tertiary/aromatic N) is 1. The molecule has 0 radical (unpaired) electrons. The van der Waals surface area contributed by atoms with Crippen molar-refractivity contribution in [2.45, 2.75) is 41.0 Å². The summed E-state index contributed by atoms with van der Waals surface area (Å²) in [5.74, 6) is 1.28. The summed E-state index contributed by atoms with van der Waals surface area (Å²) in [4.78, 5) is 25.0. The highest BCUT2D eigenvalue weighted by Crippen LogP contribution is 2.32. The van der Waals surface area contributed by atoms with Crippen LogP contribution in [0.15, 0.2) is 23.0 Å². The number of carbonyl (C=O) groups is 1. The van der Waals surface area contributed by atoms with Gasteiger partial charge >= 0.3 is 0 Å². The van der Waals surface area contributed by atoms with Crippen molar-refractivity contribution in [1.29, 1.82) is 0 Å². The highest BCUT2D eigenvalue weighted by atomic mass is 32.1. The summed E-state index contributed by atoms with van der Waals surface area (Å²) >= 11 is 1.30. The molecular weight excluding hydrogens is 374 g/mol. The molecule has 1 aromatic heterocycles. The Morgan fingerprint density at radius 2 is 1.93 bits per heavy atom. The molecule has 0 bridgehead atoms. The first-order valence-electron chi connectivity index (χ1n) is 9.51. The number of para-hydroxylation sites is 1. The maximum atomic E-state index is 12.7. The van der Waals surface area contributed by atoms with E-state index in [1.165, 1.54) is 15.9 Å². The molecule has 0 amide bonds. The summed E-state index contributed by atoms with van der Waals surface area (Å²) in [5.41, 5.74) is 0.157. The van der Waals surface area contributed by atoms with E-state index in [4.69, 9.17) is 9.47 Å². The molecule has 0 spiro atoms. The molecule has 2 aromatic rings. The molecule has 152 valence electrons. The number of carbonyl (C=O) groups excluding carboxylic acids is 1. The van der Waals surface area contributed by atoms with Crippen LogP contribution in [0.3, 0.4) is 0 Å². The van der Waals surface area contributed by atoms with E-state index < -0.39 is 5.41 Å². The van der Waals surface area contributed by atoms with Crippen molar-refractivity contribution in [2.24, 2.45) is 12.5 Å². The number of ketones is 1. The Morgan fingerprint density at radius 1 is 1.21 bits per heavy atom. The Bertz CT molecular complexity index is 1010. The summed E-state index contributed by atoms with van der Waals surface area (Å²) in [6, 6.07) is 5.64. The maximum Gasteiger partial charge on any atom is 0.268 e. The molecule has 0 unspecified atom stereocenters. The van der Waals surface area contributed by atoms with Gasteiger partial charge in [-0.25, -0.2) is 0 Å². The highest BCUT2D eigenvalue weighted by Gasteiger charge is 2.19. The van der Waals surface area contributed by atoms with Crippen molar-refractivity contribution in [3.05, 3.63) is 43.3 Å². The molecule has 0 saturated heterocycles. The number of rotatable bonds is 7. The largest absolute Gasteiger partial charge is 0.490 e. The third-order valence-corrected chi connectivity index (χ3v) is 5.21. The standard InChI is InChI=1S/C22H29NO4S/c1-7-12-27-20-15(10-9-11-16(20)26-8-2)13-17-21(25)23(6)19(28-17)14-18(24)22(3,4)5/h9-11,13-14H,7-8,12H2,1-6H3/b17-13-,19-14-. The maximum absolute atomic E-state index is 12.7. The van der Waals surface area contributed by atoms with E-state index in [0.29, 0.717) is 33.9 Å². The Labute approximate surface area is 169 Å². The van der Waals surface area contributed by atoms with Crippen molar-refractivity contribution in [3.8, 4) is 11.5 Å². The molecule has 5 nitrogen and oxygen atoms in total. The van der Waals surface area contributed by atoms with E-state index in [2.05, 4.69) is 0 Å². The highest BCUT2D eigenvalue weighted by molar-refractivity contribution is 7.07. The average molecular weight is 404 g/mol. The second-order valence-corrected chi connectivity index (χ2v) is 8.59. The van der Waals surface area contributed by atoms with Crippen LogP contribution in [0.25, 0.3) is 12.2 Å². The molecule has 0 saturated carbocycles. The second kappa shape index (κ2) is 9.24. The second-order valence-electron chi connectivity index (χ2n) is 7.53. The van der Waals surface area contributed by atoms with Gasteiger partial charge in [0, 0.05) is 24.1 Å². The number of ether oxygens (including phenoxy) is 2. The van der Waals surface area contributed by atoms with E-state index >= 15 is 0 Å². The Balaban J connectivity index is 2.62. The van der Waals surface area contributed by atoms with Crippen molar-refractivity contribution >= 4 is 29.3 Å². The average Bonchev–Trinajstić information content (AvgIpc) is 2.88. The first-order valence-corrected chi connectivity index (χ1v) is 10.3. The minimum Gasteiger partial charge on any atom is -0.490 e. The predicted molar refractivity (Wildman–Crippen MR) is 115 cm³/mol. The van der Waals surface area contributed by atoms with Crippen LogP contribution < -0.4 is 24.2 Å². The van der Waals surface area contributed by atoms with E-state index in [9.17, 15) is 9.59 Å². The monoisotopic (exact) mass is 403 g/mol. The third-order valence-electron chi connectivity index (χ3n) is 4.10. The Morgan fingerprint density at radius 3 is 2.54 bits per heavy atom. The van der Waals surface area contributed by atoms with Gasteiger partial charge in [-0.05, 0) is 25.5 Å². The van der Waals surface area contributed by atoms with Crippen molar-refractivity contribution in [1.82, 2.24) is 4.57 Å². The summed E-state index contributed by atoms with van der Waals surface area (Å²) in [7, 11) is 1.68. The molecule has 6 heteroatoms. The first kappa shape index (κ1) is 22.0. The van der Waals surface area contributed by atoms with Gasteiger partial charge in [0.05, 0.1) is 17.7 Å². The number of Topliss-reactive ketones (excluding diaryl/α,β-unsaturated/α-hetero) is 1. The lowest BCUT2D eigenvalue weighted by molar-refractivity contribution is -0.120. The summed E-state index contributed by atoms with van der Waals surface area (Å²) in [5, 5.41) is 0. The number of hydrogen-bond donors (Lipinski definition) is 0. The molecule has 0 aliphatic heterocycles. The molecule has 0 aliphatic rings. The van der Waals surface area contributed by atoms with Crippen molar-refractivity contribution in [3.63, 3.8) is 0 Å². The van der Waals surface area contributed by atoms with E-state index in [1.807, 2.05) is 52.8 Å². The van der Waals surface area contributed by atoms with Gasteiger partial charge in [0.15, 0.2) is 17.3 Å². The van der Waals surface area contributed by atoms with Crippen molar-refractivity contribution < 1.29 is 14.3 Å². The lowest BCUT2D eigenvalue weighted by atomic mass is 9.91. The van der Waals surface area contributed by atoms with Gasteiger partial charge in [0.2, 0.25) is 0 Å². The van der Waals surface area contributed by atoms with Gasteiger partial charge in [0.1, 0.15) is 4.66 Å². The molecule has 2 rings (SSSR count). The van der Waals surface area contributed by atoms with Crippen LogP contribution in [0.1, 0.15) is 46.6 Å². The molecule has 0 N–H and O–H groups in total. The van der Waals surface area contributed by atoms with Gasteiger partial charge in [0.25, 0.3) is 5.56 Å². The summed E-state index contributed by atoms with van der Waals surface area (Å²) < 4.78 is 14.3. The number of hydrogen-bond acceptors (Lipinski definition) is 5. The van der Waals surface area contributed by atoms with Gasteiger partial charge < -0.3 is 14.0 Å². The molecule has 0 fully saturated rings. The fourth-order valence-corrected chi connectivity index (χ4v) is 3.47. The molecule has 28 heavy (non-hydrogen) atoms. The quantitative estimate of drug-likeness (QED) is 0.713. The van der Waals surface area contributed by atoms with Gasteiger partial charge in [-0.15, -0.1) is 11.3 Å². The first-order chi connectivity index (χ1) is 13.2. The molecule has 0 atom stereocenters. The van der Waals surface area contributed by atoms with Crippen molar-refractivity contribution in [2.75, 3.05) is 13.2 Å². The number of benzene rings is 1. The zero-order valence-corrected chi connectivity index (χ0v) is 18.3. The van der Waals surface area contributed by atoms with Crippen LogP contribution in [0.2, 0.25) is 0 Å². The summed E-state index contributed by atoms with van der Waals surface area (Å²) in [6.45, 7) is 10.6. The number of thiazole rings is 1. The van der Waals surface area contributed by atoms with Crippen LogP contribution in [-0.4, -0.2) is 23.6 Å². The molecule has 1 aromatic carbocycles. The van der Waals surface area contributed by atoms with Gasteiger partial charge in [-0.2, -0.15) is 0 Å². The lowest BCUT2D eigenvalue weighted by Gasteiger charge is -2.13. The van der Waals surface area contributed by atoms with Crippen LogP contribution >= 0.6 is 11.3 Å². The molecular formula is C22H29NO4S. The SMILES string of the molecule is CCCOc1c(/C=c2\s/c(=C\C(=O)C(C)(C)C)n(C)c2=O)cccc1OCC. The van der Waals surface area contributed by atoms with Gasteiger partial charge in [-0.1, -0.05) is 39.8 Å². The third kappa shape index (κ3) is 5.13. The summed E-state index contributed by atoms with van der Waals surface area (Å²) in [6.07, 6.45) is 4.22. The van der Waals surface area contributed by atoms with Crippen LogP contribution in [-0.2, 0) is 11.8 Å². The normalized spacial score (nSPS) is 13.1. The van der Waals surface area contributed by atoms with E-state index in [-0.39, 0.29) is 11.3 Å². The molecule has 1 heterocycles. The minimum atomic E-state index is -0.489. The predicted octanol–water partition coefficient (Wildman–Crippen LogP) is 2.86. The van der Waals surface area contributed by atoms with Crippen LogP contribution in [0.5, 0.6) is 11.5 Å². The fourth-order valence-electron chi connectivity index (χ4n) is 2.45. The Kier molecular flexibility index (Phi) is 7.24. The van der Waals surface area contributed by atoms with E-state index in [0.717, 1.165) is 12.0 Å².